The molecule has 0 radical (unpaired) electrons. The van der Waals surface area contributed by atoms with Gasteiger partial charge in [-0.2, -0.15) is 0 Å². The van der Waals surface area contributed by atoms with Gasteiger partial charge in [0, 0.05) is 19.6 Å². The quantitative estimate of drug-likeness (QED) is 0.511. The molecule has 3 heterocycles. The highest BCUT2D eigenvalue weighted by atomic mass is 35.5. The molecule has 2 aliphatic rings. The van der Waals surface area contributed by atoms with E-state index < -0.39 is 5.82 Å². The number of fused-ring (bicyclic) bond motifs is 3. The van der Waals surface area contributed by atoms with Gasteiger partial charge in [0.25, 0.3) is 5.91 Å². The van der Waals surface area contributed by atoms with Crippen LogP contribution in [-0.2, 0) is 31.0 Å². The summed E-state index contributed by atoms with van der Waals surface area (Å²) < 4.78 is 27.3. The largest absolute Gasteiger partial charge is 0.483 e. The van der Waals surface area contributed by atoms with E-state index in [1.54, 1.807) is 11.0 Å². The van der Waals surface area contributed by atoms with E-state index in [9.17, 15) is 14.0 Å². The second kappa shape index (κ2) is 9.68. The van der Waals surface area contributed by atoms with Crippen molar-refractivity contribution in [2.45, 2.75) is 33.2 Å². The zero-order chi connectivity index (χ0) is 24.5. The Morgan fingerprint density at radius 3 is 2.63 bits per heavy atom. The van der Waals surface area contributed by atoms with Crippen molar-refractivity contribution in [3.8, 4) is 5.75 Å². The van der Waals surface area contributed by atoms with Crippen LogP contribution in [0.3, 0.4) is 0 Å². The predicted molar refractivity (Wildman–Crippen MR) is 131 cm³/mol. The van der Waals surface area contributed by atoms with Crippen molar-refractivity contribution in [2.24, 2.45) is 0 Å². The standard InChI is InChI=1S/C27H24ClFN2O4/c1-2-19-15-34-16-22-23(19)25(32)26(35-14-17-6-4-3-5-7-17)24-27(33)30(10-11-31(22)24)13-18-8-9-21(29)20(28)12-18/h2-9,12H,10-11,13-16H2,1H3/b19-2+. The van der Waals surface area contributed by atoms with Gasteiger partial charge in [0.2, 0.25) is 5.43 Å². The summed E-state index contributed by atoms with van der Waals surface area (Å²) in [5.41, 5.74) is 3.52. The van der Waals surface area contributed by atoms with Crippen LogP contribution >= 0.6 is 11.6 Å². The Balaban J connectivity index is 1.58. The third-order valence-corrected chi connectivity index (χ3v) is 6.66. The van der Waals surface area contributed by atoms with Gasteiger partial charge in [-0.3, -0.25) is 9.59 Å². The van der Waals surface area contributed by atoms with Gasteiger partial charge in [0.1, 0.15) is 12.4 Å². The van der Waals surface area contributed by atoms with Gasteiger partial charge in [-0.15, -0.1) is 0 Å². The molecule has 2 aliphatic heterocycles. The molecule has 0 fully saturated rings. The third kappa shape index (κ3) is 4.37. The monoisotopic (exact) mass is 494 g/mol. The average molecular weight is 495 g/mol. The van der Waals surface area contributed by atoms with Crippen molar-refractivity contribution < 1.29 is 18.7 Å². The van der Waals surface area contributed by atoms with E-state index in [0.29, 0.717) is 36.5 Å². The maximum Gasteiger partial charge on any atom is 0.274 e. The average Bonchev–Trinajstić information content (AvgIpc) is 2.88. The topological polar surface area (TPSA) is 60.8 Å². The second-order valence-corrected chi connectivity index (χ2v) is 8.94. The maximum atomic E-state index is 13.7. The first-order valence-corrected chi connectivity index (χ1v) is 11.8. The highest BCUT2D eigenvalue weighted by Crippen LogP contribution is 2.32. The fourth-order valence-electron chi connectivity index (χ4n) is 4.59. The number of halogens is 2. The Labute approximate surface area is 207 Å². The molecule has 3 aromatic rings. The van der Waals surface area contributed by atoms with Crippen LogP contribution in [0.15, 0.2) is 59.4 Å². The van der Waals surface area contributed by atoms with Gasteiger partial charge in [-0.05, 0) is 35.8 Å². The van der Waals surface area contributed by atoms with Crippen LogP contribution in [0.1, 0.15) is 39.8 Å². The number of carbonyl (C=O) groups excluding carboxylic acids is 1. The molecule has 0 N–H and O–H groups in total. The third-order valence-electron chi connectivity index (χ3n) is 6.37. The highest BCUT2D eigenvalue weighted by Gasteiger charge is 2.35. The molecular weight excluding hydrogens is 471 g/mol. The van der Waals surface area contributed by atoms with Crippen molar-refractivity contribution in [2.75, 3.05) is 13.2 Å². The first-order chi connectivity index (χ1) is 17.0. The van der Waals surface area contributed by atoms with E-state index in [1.807, 2.05) is 47.9 Å². The number of amides is 1. The Hall–Kier alpha value is -3.42. The van der Waals surface area contributed by atoms with Gasteiger partial charge >= 0.3 is 0 Å². The molecular formula is C27H24ClFN2O4. The molecule has 0 bridgehead atoms. The van der Waals surface area contributed by atoms with E-state index in [4.69, 9.17) is 21.1 Å². The molecule has 0 spiro atoms. The van der Waals surface area contributed by atoms with Crippen LogP contribution in [0.5, 0.6) is 5.75 Å². The summed E-state index contributed by atoms with van der Waals surface area (Å²) in [6.07, 6.45) is 1.86. The molecule has 6 nitrogen and oxygen atoms in total. The molecule has 0 aliphatic carbocycles. The van der Waals surface area contributed by atoms with Crippen LogP contribution in [0.4, 0.5) is 4.39 Å². The first-order valence-electron chi connectivity index (χ1n) is 11.4. The molecule has 0 saturated carbocycles. The summed E-state index contributed by atoms with van der Waals surface area (Å²) in [5.74, 6) is -0.798. The minimum atomic E-state index is -0.514. The molecule has 35 heavy (non-hydrogen) atoms. The number of benzene rings is 2. The van der Waals surface area contributed by atoms with E-state index in [0.717, 1.165) is 11.1 Å². The lowest BCUT2D eigenvalue weighted by Crippen LogP contribution is -2.44. The molecule has 0 unspecified atom stereocenters. The Morgan fingerprint density at radius 2 is 1.89 bits per heavy atom. The fourth-order valence-corrected chi connectivity index (χ4v) is 4.79. The first kappa shape index (κ1) is 23.3. The van der Waals surface area contributed by atoms with Crippen LogP contribution in [-0.4, -0.2) is 28.5 Å². The van der Waals surface area contributed by atoms with Gasteiger partial charge in [-0.1, -0.05) is 54.1 Å². The Kier molecular flexibility index (Phi) is 6.45. The SMILES string of the molecule is C/C=C1\COCc2c1c(=O)c(OCc1ccccc1)c1n2CCN(Cc2ccc(F)c(Cl)c2)C1=O. The summed E-state index contributed by atoms with van der Waals surface area (Å²) in [6.45, 7) is 3.72. The number of rotatable bonds is 5. The molecule has 0 saturated heterocycles. The van der Waals surface area contributed by atoms with Crippen molar-refractivity contribution in [3.05, 3.63) is 104 Å². The molecule has 1 aromatic heterocycles. The molecule has 2 aromatic carbocycles. The maximum absolute atomic E-state index is 13.7. The van der Waals surface area contributed by atoms with Gasteiger partial charge < -0.3 is 18.9 Å². The van der Waals surface area contributed by atoms with Crippen LogP contribution in [0, 0.1) is 5.82 Å². The van der Waals surface area contributed by atoms with Crippen molar-refractivity contribution in [1.29, 1.82) is 0 Å². The van der Waals surface area contributed by atoms with Crippen LogP contribution in [0.2, 0.25) is 5.02 Å². The van der Waals surface area contributed by atoms with Crippen LogP contribution in [0.25, 0.3) is 5.57 Å². The fraction of sp³-hybridized carbons (Fsp3) is 0.259. The second-order valence-electron chi connectivity index (χ2n) is 8.54. The minimum absolute atomic E-state index is 0.000520. The van der Waals surface area contributed by atoms with E-state index >= 15 is 0 Å². The number of allylic oxidation sites excluding steroid dienone is 1. The Bertz CT molecular complexity index is 1380. The molecule has 8 heteroatoms. The Morgan fingerprint density at radius 1 is 1.09 bits per heavy atom. The van der Waals surface area contributed by atoms with Crippen molar-refractivity contribution in [3.63, 3.8) is 0 Å². The number of ether oxygens (including phenoxy) is 2. The normalized spacial score (nSPS) is 16.3. The zero-order valence-corrected chi connectivity index (χ0v) is 20.0. The molecule has 1 amide bonds. The summed E-state index contributed by atoms with van der Waals surface area (Å²) >= 11 is 5.94. The zero-order valence-electron chi connectivity index (χ0n) is 19.2. The molecule has 0 atom stereocenters. The highest BCUT2D eigenvalue weighted by molar-refractivity contribution is 6.30. The number of nitrogens with zero attached hydrogens (tertiary/aromatic N) is 2. The van der Waals surface area contributed by atoms with Gasteiger partial charge in [0.15, 0.2) is 11.4 Å². The van der Waals surface area contributed by atoms with Gasteiger partial charge in [-0.25, -0.2) is 4.39 Å². The summed E-state index contributed by atoms with van der Waals surface area (Å²) in [6, 6.07) is 13.9. The van der Waals surface area contributed by atoms with Gasteiger partial charge in [0.05, 0.1) is 29.5 Å². The van der Waals surface area contributed by atoms with E-state index in [-0.39, 0.29) is 47.6 Å². The number of aromatic nitrogens is 1. The molecule has 180 valence electrons. The lowest BCUT2D eigenvalue weighted by atomic mass is 9.98. The molecule has 5 rings (SSSR count). The van der Waals surface area contributed by atoms with E-state index in [2.05, 4.69) is 0 Å². The van der Waals surface area contributed by atoms with Crippen molar-refractivity contribution in [1.82, 2.24) is 9.47 Å². The van der Waals surface area contributed by atoms with Crippen LogP contribution < -0.4 is 10.2 Å². The minimum Gasteiger partial charge on any atom is -0.483 e. The summed E-state index contributed by atoms with van der Waals surface area (Å²) in [7, 11) is 0. The predicted octanol–water partition coefficient (Wildman–Crippen LogP) is 4.81. The summed E-state index contributed by atoms with van der Waals surface area (Å²) in [4.78, 5) is 29.0. The number of carbonyl (C=O) groups is 1. The smallest absolute Gasteiger partial charge is 0.274 e. The number of pyridine rings is 1. The number of hydrogen-bond donors (Lipinski definition) is 0. The lowest BCUT2D eigenvalue weighted by molar-refractivity contribution is 0.0667. The van der Waals surface area contributed by atoms with Crippen molar-refractivity contribution >= 4 is 23.1 Å². The number of hydrogen-bond acceptors (Lipinski definition) is 4. The summed E-state index contributed by atoms with van der Waals surface area (Å²) in [5, 5.41) is 0.000520. The lowest BCUT2D eigenvalue weighted by Gasteiger charge is -2.35. The van der Waals surface area contributed by atoms with E-state index in [1.165, 1.54) is 12.1 Å².